The molecule has 0 aliphatic carbocycles. The predicted molar refractivity (Wildman–Crippen MR) is 295 cm³/mol. The summed E-state index contributed by atoms with van der Waals surface area (Å²) in [4.78, 5) is 60.0. The average molecular weight is 1130 g/mol. The molecule has 12 atom stereocenters. The molecule has 2 fully saturated rings. The molecule has 20 heteroatoms. The van der Waals surface area contributed by atoms with Crippen LogP contribution in [0.2, 0.25) is 0 Å². The van der Waals surface area contributed by atoms with E-state index >= 15 is 0 Å². The van der Waals surface area contributed by atoms with E-state index in [1.54, 1.807) is 0 Å². The van der Waals surface area contributed by atoms with E-state index in [-0.39, 0.29) is 25.9 Å². The van der Waals surface area contributed by atoms with Crippen molar-refractivity contribution in [3.05, 3.63) is 0 Å². The molecule has 77 heavy (non-hydrogen) atoms. The van der Waals surface area contributed by atoms with Crippen LogP contribution >= 0.6 is 7.82 Å². The predicted octanol–water partition coefficient (Wildman–Crippen LogP) is 9.00. The molecule has 0 radical (unpaired) electrons. The number of unbranched alkanes of at least 4 members (excludes halogenated alkanes) is 26. The van der Waals surface area contributed by atoms with Gasteiger partial charge in [-0.15, -0.1) is 0 Å². The van der Waals surface area contributed by atoms with Gasteiger partial charge in [0.1, 0.15) is 54.8 Å². The van der Waals surface area contributed by atoms with Crippen molar-refractivity contribution in [3.63, 3.8) is 0 Å². The van der Waals surface area contributed by atoms with Gasteiger partial charge >= 0.3 is 13.8 Å². The zero-order valence-corrected chi connectivity index (χ0v) is 48.9. The first kappa shape index (κ1) is 71.3. The van der Waals surface area contributed by atoms with Crippen LogP contribution in [-0.2, 0) is 47.2 Å². The van der Waals surface area contributed by atoms with Crippen molar-refractivity contribution >= 4 is 25.6 Å². The molecule has 0 aromatic carbocycles. The molecule has 2 aliphatic heterocycles. The molecule has 9 N–H and O–H groups in total. The SMILES string of the molecule is CCCCCCCCCCCC(=O)O[C@H](CCCCCCCCCCC)CC(=O)N[C@H]1[C@H](OC[C@H]2O[C@H](OCCCCC)[C@H](NC(=O)C[C@H](O)CCCCCCCCCCC)[C@@H](O)[C@@H]2O)O[C@H](CO)[C@@H](OP(=O)(O)O)[C@@H]1O. The van der Waals surface area contributed by atoms with Crippen molar-refractivity contribution in [3.8, 4) is 0 Å². The second-order valence-electron chi connectivity index (χ2n) is 21.9. The number of amides is 2. The van der Waals surface area contributed by atoms with E-state index < -0.39 is 112 Å². The van der Waals surface area contributed by atoms with Gasteiger partial charge in [-0.2, -0.15) is 0 Å². The van der Waals surface area contributed by atoms with E-state index in [1.807, 2.05) is 6.92 Å². The molecule has 2 heterocycles. The van der Waals surface area contributed by atoms with Crippen LogP contribution in [0.25, 0.3) is 0 Å². The maximum Gasteiger partial charge on any atom is 0.470 e. The minimum absolute atomic E-state index is 0.183. The normalized spacial score (nSPS) is 24.6. The third-order valence-electron chi connectivity index (χ3n) is 14.8. The Kier molecular flexibility index (Phi) is 40.6. The number of esters is 1. The largest absolute Gasteiger partial charge is 0.470 e. The standard InChI is InChI=1S/C57H109N2O17P/c1-5-9-13-16-19-22-25-28-31-35-43(61)39-47(62)58-50-53(66)52(65)46(75-56(50)71-38-34-12-8-4)42-72-57-51(54(67)55(45(41-60)74-57)76-77(68,69)70)59-48(63)40-44(36-32-29-26-23-20-17-14-10-6-2)73-49(64)37-33-30-27-24-21-18-15-11-7-3/h43-46,50-57,60-61,65-67H,5-42H2,1-4H3,(H,58,62)(H,59,63)(H2,68,69,70)/t43-,44-,45-,46-,50-,51-,52-,53-,54-,55-,56+,57-/m1/s1. The fourth-order valence-corrected chi connectivity index (χ4v) is 10.7. The first-order valence-corrected chi connectivity index (χ1v) is 32.0. The lowest BCUT2D eigenvalue weighted by molar-refractivity contribution is -0.302. The zero-order valence-electron chi connectivity index (χ0n) is 48.0. The van der Waals surface area contributed by atoms with E-state index in [1.165, 1.54) is 89.9 Å². The molecule has 2 amide bonds. The number of phosphoric acid groups is 1. The zero-order chi connectivity index (χ0) is 56.7. The molecular weight excluding hydrogens is 1020 g/mol. The van der Waals surface area contributed by atoms with Crippen LogP contribution in [-0.4, -0.2) is 146 Å². The summed E-state index contributed by atoms with van der Waals surface area (Å²) in [6.07, 6.45) is 17.4. The highest BCUT2D eigenvalue weighted by atomic mass is 31.2. The lowest BCUT2D eigenvalue weighted by atomic mass is 9.95. The molecular formula is C57H109N2O17P. The van der Waals surface area contributed by atoms with Crippen molar-refractivity contribution in [1.82, 2.24) is 10.6 Å². The lowest BCUT2D eigenvalue weighted by Gasteiger charge is -2.45. The van der Waals surface area contributed by atoms with Gasteiger partial charge in [-0.25, -0.2) is 4.57 Å². The van der Waals surface area contributed by atoms with Crippen molar-refractivity contribution in [2.45, 2.75) is 326 Å². The molecule has 0 saturated carbocycles. The molecule has 0 spiro atoms. The molecule has 2 rings (SSSR count). The molecule has 0 aromatic heterocycles. The fraction of sp³-hybridized carbons (Fsp3) is 0.947. The van der Waals surface area contributed by atoms with E-state index in [2.05, 4.69) is 31.4 Å². The highest BCUT2D eigenvalue weighted by Crippen LogP contribution is 2.41. The van der Waals surface area contributed by atoms with E-state index in [0.717, 1.165) is 83.5 Å². The maximum absolute atomic E-state index is 14.0. The van der Waals surface area contributed by atoms with Crippen molar-refractivity contribution in [2.75, 3.05) is 19.8 Å². The minimum atomic E-state index is -5.30. The van der Waals surface area contributed by atoms with E-state index in [4.69, 9.17) is 28.2 Å². The number of hydrogen-bond acceptors (Lipinski definition) is 15. The van der Waals surface area contributed by atoms with Gasteiger partial charge in [-0.1, -0.05) is 201 Å². The Labute approximate surface area is 463 Å². The van der Waals surface area contributed by atoms with Gasteiger partial charge in [0.05, 0.1) is 32.2 Å². The number of ether oxygens (including phenoxy) is 5. The van der Waals surface area contributed by atoms with Gasteiger partial charge in [-0.3, -0.25) is 18.9 Å². The van der Waals surface area contributed by atoms with Gasteiger partial charge in [0.2, 0.25) is 11.8 Å². The number of rotatable bonds is 48. The van der Waals surface area contributed by atoms with Crippen LogP contribution < -0.4 is 10.6 Å². The Hall–Kier alpha value is -1.84. The first-order valence-electron chi connectivity index (χ1n) is 30.5. The smallest absolute Gasteiger partial charge is 0.462 e. The molecule has 19 nitrogen and oxygen atoms in total. The number of carbonyl (C=O) groups is 3. The Bertz CT molecular complexity index is 1550. The number of aliphatic hydroxyl groups is 5. The van der Waals surface area contributed by atoms with Crippen LogP contribution in [0, 0.1) is 0 Å². The summed E-state index contributed by atoms with van der Waals surface area (Å²) in [5, 5.41) is 60.9. The van der Waals surface area contributed by atoms with Crippen molar-refractivity contribution in [2.24, 2.45) is 0 Å². The van der Waals surface area contributed by atoms with E-state index in [0.29, 0.717) is 32.1 Å². The molecule has 0 aromatic rings. The Balaban J connectivity index is 2.20. The summed E-state index contributed by atoms with van der Waals surface area (Å²) in [5.41, 5.74) is 0. The fourth-order valence-electron chi connectivity index (χ4n) is 10.2. The number of hydrogen-bond donors (Lipinski definition) is 9. The molecule has 0 unspecified atom stereocenters. The maximum atomic E-state index is 14.0. The summed E-state index contributed by atoms with van der Waals surface area (Å²) in [6.45, 7) is 7.29. The number of phosphoric ester groups is 1. The van der Waals surface area contributed by atoms with E-state index in [9.17, 15) is 54.3 Å². The summed E-state index contributed by atoms with van der Waals surface area (Å²) in [6, 6.07) is -2.85. The molecule has 2 aliphatic rings. The minimum Gasteiger partial charge on any atom is -0.462 e. The molecule has 454 valence electrons. The van der Waals surface area contributed by atoms with Crippen LogP contribution in [0.4, 0.5) is 0 Å². The summed E-state index contributed by atoms with van der Waals surface area (Å²) in [5.74, 6) is -1.70. The summed E-state index contributed by atoms with van der Waals surface area (Å²) >= 11 is 0. The topological polar surface area (TPSA) is 289 Å². The van der Waals surface area contributed by atoms with Crippen LogP contribution in [0.15, 0.2) is 0 Å². The summed E-state index contributed by atoms with van der Waals surface area (Å²) in [7, 11) is -5.30. The number of carbonyl (C=O) groups excluding carboxylic acids is 3. The highest BCUT2D eigenvalue weighted by molar-refractivity contribution is 7.46. The molecule has 2 saturated heterocycles. The van der Waals surface area contributed by atoms with Gasteiger partial charge in [-0.05, 0) is 32.1 Å². The molecule has 0 bridgehead atoms. The van der Waals surface area contributed by atoms with Gasteiger partial charge < -0.3 is 69.6 Å². The highest BCUT2D eigenvalue weighted by Gasteiger charge is 2.51. The van der Waals surface area contributed by atoms with Crippen molar-refractivity contribution in [1.29, 1.82) is 0 Å². The van der Waals surface area contributed by atoms with Crippen molar-refractivity contribution < 1.29 is 82.5 Å². The second kappa shape index (κ2) is 43.8. The Morgan fingerprint density at radius 3 is 1.47 bits per heavy atom. The van der Waals surface area contributed by atoms with Crippen LogP contribution in [0.5, 0.6) is 0 Å². The second-order valence-corrected chi connectivity index (χ2v) is 23.1. The number of nitrogens with one attached hydrogen (secondary N) is 2. The van der Waals surface area contributed by atoms with Gasteiger partial charge in [0, 0.05) is 13.0 Å². The van der Waals surface area contributed by atoms with Crippen LogP contribution in [0.3, 0.4) is 0 Å². The average Bonchev–Trinajstić information content (AvgIpc) is 3.38. The van der Waals surface area contributed by atoms with Gasteiger partial charge in [0.25, 0.3) is 0 Å². The third-order valence-corrected chi connectivity index (χ3v) is 15.3. The number of aliphatic hydroxyl groups excluding tert-OH is 5. The Morgan fingerprint density at radius 1 is 0.532 bits per heavy atom. The lowest BCUT2D eigenvalue weighted by Crippen LogP contribution is -2.67. The van der Waals surface area contributed by atoms with Gasteiger partial charge in [0.15, 0.2) is 12.6 Å². The Morgan fingerprint density at radius 2 is 0.961 bits per heavy atom. The third kappa shape index (κ3) is 32.4. The quantitative estimate of drug-likeness (QED) is 0.0156. The monoisotopic (exact) mass is 1120 g/mol. The van der Waals surface area contributed by atoms with Crippen LogP contribution in [0.1, 0.15) is 252 Å². The first-order chi connectivity index (χ1) is 37.1. The summed E-state index contributed by atoms with van der Waals surface area (Å²) < 4.78 is 47.1.